The first-order valence-electron chi connectivity index (χ1n) is 3.19. The summed E-state index contributed by atoms with van der Waals surface area (Å²) in [6.07, 6.45) is 3.73. The van der Waals surface area contributed by atoms with Crippen LogP contribution in [0.5, 0.6) is 0 Å². The Balaban J connectivity index is 2.78. The fourth-order valence-corrected chi connectivity index (χ4v) is 0.930. The van der Waals surface area contributed by atoms with Gasteiger partial charge >= 0.3 is 0 Å². The van der Waals surface area contributed by atoms with E-state index in [4.69, 9.17) is 0 Å². The Labute approximate surface area is 64.8 Å². The van der Waals surface area contributed by atoms with E-state index >= 15 is 0 Å². The van der Waals surface area contributed by atoms with Gasteiger partial charge in [-0.1, -0.05) is 11.8 Å². The van der Waals surface area contributed by atoms with E-state index in [1.54, 1.807) is 18.1 Å². The van der Waals surface area contributed by atoms with Crippen LogP contribution in [0.25, 0.3) is 0 Å². The third-order valence-corrected chi connectivity index (χ3v) is 1.75. The number of nitrogens with zero attached hydrogens (tertiary/aromatic N) is 3. The van der Waals surface area contributed by atoms with Crippen LogP contribution < -0.4 is 0 Å². The third-order valence-electron chi connectivity index (χ3n) is 1.20. The van der Waals surface area contributed by atoms with Crippen molar-refractivity contribution < 1.29 is 0 Å². The third kappa shape index (κ3) is 1.50. The van der Waals surface area contributed by atoms with Crippen molar-refractivity contribution in [2.45, 2.75) is 25.0 Å². The first-order chi connectivity index (χ1) is 4.74. The molecule has 0 fully saturated rings. The van der Waals surface area contributed by atoms with E-state index < -0.39 is 0 Å². The Hall–Kier alpha value is -0.510. The summed E-state index contributed by atoms with van der Waals surface area (Å²) >= 11 is 1.56. The molecule has 56 valence electrons. The monoisotopic (exact) mass is 157 g/mol. The second-order valence-electron chi connectivity index (χ2n) is 2.31. The molecule has 1 aromatic heterocycles. The smallest absolute Gasteiger partial charge is 0.208 e. The average molecular weight is 157 g/mol. The predicted octanol–water partition coefficient (Wildman–Crippen LogP) is 1.58. The van der Waals surface area contributed by atoms with Gasteiger partial charge in [-0.3, -0.25) is 0 Å². The molecule has 0 atom stereocenters. The van der Waals surface area contributed by atoms with Crippen LogP contribution in [-0.4, -0.2) is 21.0 Å². The van der Waals surface area contributed by atoms with Gasteiger partial charge in [-0.25, -0.2) is 9.67 Å². The maximum absolute atomic E-state index is 4.20. The van der Waals surface area contributed by atoms with E-state index in [1.165, 1.54) is 0 Å². The number of rotatable bonds is 2. The van der Waals surface area contributed by atoms with Crippen molar-refractivity contribution in [2.24, 2.45) is 0 Å². The van der Waals surface area contributed by atoms with Crippen LogP contribution in [0.1, 0.15) is 19.9 Å². The molecule has 0 radical (unpaired) electrons. The normalized spacial score (nSPS) is 10.8. The summed E-state index contributed by atoms with van der Waals surface area (Å²) in [6, 6.07) is 0.411. The molecule has 0 aliphatic rings. The highest BCUT2D eigenvalue weighted by atomic mass is 32.2. The molecule has 0 aliphatic carbocycles. The zero-order valence-corrected chi connectivity index (χ0v) is 7.22. The minimum Gasteiger partial charge on any atom is -0.249 e. The van der Waals surface area contributed by atoms with Crippen LogP contribution in [0.3, 0.4) is 0 Å². The standard InChI is InChI=1S/C6H11N3S/c1-5(2)9-4-7-6(8-9)10-3/h4-5H,1-3H3. The van der Waals surface area contributed by atoms with E-state index in [9.17, 15) is 0 Å². The lowest BCUT2D eigenvalue weighted by molar-refractivity contribution is 0.522. The van der Waals surface area contributed by atoms with Gasteiger partial charge in [-0.05, 0) is 20.1 Å². The lowest BCUT2D eigenvalue weighted by Gasteiger charge is -2.00. The van der Waals surface area contributed by atoms with Crippen molar-refractivity contribution >= 4 is 11.8 Å². The highest BCUT2D eigenvalue weighted by Crippen LogP contribution is 2.08. The molecular weight excluding hydrogens is 146 g/mol. The van der Waals surface area contributed by atoms with Gasteiger partial charge < -0.3 is 0 Å². The number of hydrogen-bond acceptors (Lipinski definition) is 3. The van der Waals surface area contributed by atoms with E-state index in [0.29, 0.717) is 6.04 Å². The van der Waals surface area contributed by atoms with Gasteiger partial charge in [-0.15, -0.1) is 5.10 Å². The van der Waals surface area contributed by atoms with Crippen LogP contribution in [0.2, 0.25) is 0 Å². The van der Waals surface area contributed by atoms with Crippen LogP contribution in [0, 0.1) is 0 Å². The molecule has 1 aromatic rings. The quantitative estimate of drug-likeness (QED) is 0.611. The lowest BCUT2D eigenvalue weighted by atomic mass is 10.4. The highest BCUT2D eigenvalue weighted by molar-refractivity contribution is 7.98. The van der Waals surface area contributed by atoms with Gasteiger partial charge in [0.2, 0.25) is 5.16 Å². The first-order valence-corrected chi connectivity index (χ1v) is 4.41. The Kier molecular flexibility index (Phi) is 2.32. The van der Waals surface area contributed by atoms with Crippen LogP contribution in [0.15, 0.2) is 11.5 Å². The fraction of sp³-hybridized carbons (Fsp3) is 0.667. The second-order valence-corrected chi connectivity index (χ2v) is 3.08. The molecule has 10 heavy (non-hydrogen) atoms. The van der Waals surface area contributed by atoms with Crippen molar-refractivity contribution in [2.75, 3.05) is 6.26 Å². The molecular formula is C6H11N3S. The van der Waals surface area contributed by atoms with Crippen LogP contribution in [-0.2, 0) is 0 Å². The van der Waals surface area contributed by atoms with Crippen molar-refractivity contribution in [3.05, 3.63) is 6.33 Å². The summed E-state index contributed by atoms with van der Waals surface area (Å²) in [5.41, 5.74) is 0. The average Bonchev–Trinajstić information content (AvgIpc) is 2.34. The lowest BCUT2D eigenvalue weighted by Crippen LogP contribution is -2.00. The van der Waals surface area contributed by atoms with Crippen molar-refractivity contribution in [3.63, 3.8) is 0 Å². The Morgan fingerprint density at radius 2 is 2.30 bits per heavy atom. The SMILES string of the molecule is CSc1ncn(C(C)C)n1. The molecule has 0 spiro atoms. The fourth-order valence-electron chi connectivity index (χ4n) is 0.601. The largest absolute Gasteiger partial charge is 0.249 e. The summed E-state index contributed by atoms with van der Waals surface area (Å²) in [5, 5.41) is 5.04. The van der Waals surface area contributed by atoms with Gasteiger partial charge in [-0.2, -0.15) is 0 Å². The van der Waals surface area contributed by atoms with Gasteiger partial charge in [0.25, 0.3) is 0 Å². The van der Waals surface area contributed by atoms with Crippen molar-refractivity contribution in [1.82, 2.24) is 14.8 Å². The molecule has 4 heteroatoms. The van der Waals surface area contributed by atoms with Crippen LogP contribution >= 0.6 is 11.8 Å². The second kappa shape index (κ2) is 3.05. The first kappa shape index (κ1) is 7.60. The van der Waals surface area contributed by atoms with Gasteiger partial charge in [0, 0.05) is 6.04 Å². The molecule has 0 aliphatic heterocycles. The van der Waals surface area contributed by atoms with Crippen LogP contribution in [0.4, 0.5) is 0 Å². The van der Waals surface area contributed by atoms with Gasteiger partial charge in [0.1, 0.15) is 6.33 Å². The maximum atomic E-state index is 4.20. The number of thioether (sulfide) groups is 1. The van der Waals surface area contributed by atoms with E-state index in [0.717, 1.165) is 5.16 Å². The van der Waals surface area contributed by atoms with E-state index in [2.05, 4.69) is 23.9 Å². The molecule has 0 saturated carbocycles. The number of hydrogen-bond donors (Lipinski definition) is 0. The molecule has 1 heterocycles. The van der Waals surface area contributed by atoms with Gasteiger partial charge in [0.05, 0.1) is 0 Å². The van der Waals surface area contributed by atoms with Crippen molar-refractivity contribution in [1.29, 1.82) is 0 Å². The Morgan fingerprint density at radius 1 is 1.60 bits per heavy atom. The molecule has 1 rings (SSSR count). The molecule has 0 unspecified atom stereocenters. The summed E-state index contributed by atoms with van der Waals surface area (Å²) in [7, 11) is 0. The number of aromatic nitrogens is 3. The maximum Gasteiger partial charge on any atom is 0.208 e. The van der Waals surface area contributed by atoms with Crippen molar-refractivity contribution in [3.8, 4) is 0 Å². The molecule has 0 N–H and O–H groups in total. The Bertz CT molecular complexity index is 207. The topological polar surface area (TPSA) is 30.7 Å². The summed E-state index contributed by atoms with van der Waals surface area (Å²) in [4.78, 5) is 4.07. The molecule has 0 bridgehead atoms. The van der Waals surface area contributed by atoms with Gasteiger partial charge in [0.15, 0.2) is 0 Å². The molecule has 3 nitrogen and oxygen atoms in total. The molecule has 0 amide bonds. The molecule has 0 saturated heterocycles. The summed E-state index contributed by atoms with van der Waals surface area (Å²) in [5.74, 6) is 0. The predicted molar refractivity (Wildman–Crippen MR) is 42.2 cm³/mol. The highest BCUT2D eigenvalue weighted by Gasteiger charge is 2.00. The zero-order valence-electron chi connectivity index (χ0n) is 6.40. The summed E-state index contributed by atoms with van der Waals surface area (Å²) in [6.45, 7) is 4.16. The zero-order chi connectivity index (χ0) is 7.56. The summed E-state index contributed by atoms with van der Waals surface area (Å²) < 4.78 is 1.85. The van der Waals surface area contributed by atoms with E-state index in [1.807, 2.05) is 10.9 Å². The minimum absolute atomic E-state index is 0.411. The Morgan fingerprint density at radius 3 is 2.60 bits per heavy atom. The van der Waals surface area contributed by atoms with E-state index in [-0.39, 0.29) is 0 Å². The minimum atomic E-state index is 0.411. The molecule has 0 aromatic carbocycles.